The van der Waals surface area contributed by atoms with Crippen molar-refractivity contribution in [3.05, 3.63) is 0 Å². The van der Waals surface area contributed by atoms with E-state index >= 15 is 0 Å². The Balaban J connectivity index is 2.12. The number of rotatable bonds is 0. The second-order valence-corrected chi connectivity index (χ2v) is 3.81. The third kappa shape index (κ3) is 4.46. The first-order valence-electron chi connectivity index (χ1n) is 5.15. The third-order valence-electron chi connectivity index (χ3n) is 2.65. The molecule has 0 aliphatic carbocycles. The van der Waals surface area contributed by atoms with E-state index in [0.29, 0.717) is 5.94 Å². The van der Waals surface area contributed by atoms with Gasteiger partial charge in [-0.15, -0.1) is 0 Å². The van der Waals surface area contributed by atoms with Gasteiger partial charge >= 0.3 is 0 Å². The maximum Gasteiger partial charge on any atom is 0.141 e. The quantitative estimate of drug-likeness (QED) is 0.528. The number of hydrogen-bond acceptors (Lipinski definition) is 1. The summed E-state index contributed by atoms with van der Waals surface area (Å²) in [5.74, 6) is 0.507. The highest BCUT2D eigenvalue weighted by atomic mass is 14.6. The highest BCUT2D eigenvalue weighted by Gasteiger charge is 2.05. The Morgan fingerprint density at radius 2 is 1.55 bits per heavy atom. The summed E-state index contributed by atoms with van der Waals surface area (Å²) < 4.78 is 0. The molecule has 1 heterocycles. The summed E-state index contributed by atoms with van der Waals surface area (Å²) in [5.41, 5.74) is 5.92. The molecule has 0 spiro atoms. The van der Waals surface area contributed by atoms with Gasteiger partial charge in [-0.05, 0) is 12.4 Å². The normalized spacial score (nSPS) is 29.0. The molecule has 0 bridgehead atoms. The van der Waals surface area contributed by atoms with Crippen LogP contribution in [0.25, 0.3) is 0 Å². The van der Waals surface area contributed by atoms with Crippen molar-refractivity contribution >= 4 is 7.28 Å². The average molecular weight is 153 g/mol. The Hall–Kier alpha value is 0.0249. The first-order chi connectivity index (χ1) is 5.39. The molecule has 1 rings (SSSR count). The molecule has 0 aromatic rings. The molecule has 1 nitrogen and oxygen atoms in total. The van der Waals surface area contributed by atoms with E-state index in [1.165, 1.54) is 58.5 Å². The Morgan fingerprint density at radius 3 is 2.36 bits per heavy atom. The smallest absolute Gasteiger partial charge is 0.141 e. The molecule has 2 N–H and O–H groups in total. The Bertz CT molecular complexity index is 85.6. The van der Waals surface area contributed by atoms with Crippen LogP contribution in [-0.2, 0) is 0 Å². The first kappa shape index (κ1) is 9.12. The van der Waals surface area contributed by atoms with E-state index in [2.05, 4.69) is 0 Å². The van der Waals surface area contributed by atoms with Crippen LogP contribution < -0.4 is 5.73 Å². The number of hydrogen-bond donors (Lipinski definition) is 1. The molecule has 0 aromatic carbocycles. The fourth-order valence-corrected chi connectivity index (χ4v) is 1.84. The van der Waals surface area contributed by atoms with Gasteiger partial charge in [0.1, 0.15) is 7.28 Å². The zero-order valence-electron chi connectivity index (χ0n) is 7.52. The van der Waals surface area contributed by atoms with Gasteiger partial charge in [0.15, 0.2) is 0 Å². The molecule has 0 aromatic heterocycles. The van der Waals surface area contributed by atoms with Crippen LogP contribution in [0.3, 0.4) is 0 Å². The average Bonchev–Trinajstić information content (AvgIpc) is 2.03. The van der Waals surface area contributed by atoms with Crippen LogP contribution >= 0.6 is 0 Å². The van der Waals surface area contributed by atoms with Gasteiger partial charge in [0.2, 0.25) is 0 Å². The molecular weight excluding hydrogens is 133 g/mol. The molecule has 0 saturated carbocycles. The van der Waals surface area contributed by atoms with E-state index in [1.54, 1.807) is 0 Å². The van der Waals surface area contributed by atoms with E-state index < -0.39 is 0 Å². The zero-order valence-corrected chi connectivity index (χ0v) is 7.52. The van der Waals surface area contributed by atoms with Gasteiger partial charge in [-0.1, -0.05) is 44.8 Å². The second-order valence-electron chi connectivity index (χ2n) is 3.81. The lowest BCUT2D eigenvalue weighted by molar-refractivity contribution is 0.570. The molecule has 0 radical (unpaired) electrons. The summed E-state index contributed by atoms with van der Waals surface area (Å²) in [5, 5.41) is 0. The molecule has 64 valence electrons. The predicted molar refractivity (Wildman–Crippen MR) is 52.3 cm³/mol. The molecular formula is C9H20BN. The van der Waals surface area contributed by atoms with Crippen LogP contribution in [0, 0.1) is 0 Å². The first-order valence-corrected chi connectivity index (χ1v) is 5.15. The van der Waals surface area contributed by atoms with Crippen LogP contribution in [0.1, 0.15) is 44.9 Å². The lowest BCUT2D eigenvalue weighted by atomic mass is 9.64. The van der Waals surface area contributed by atoms with Crippen LogP contribution in [0.2, 0.25) is 6.32 Å². The lowest BCUT2D eigenvalue weighted by Crippen LogP contribution is -2.27. The third-order valence-corrected chi connectivity index (χ3v) is 2.65. The maximum absolute atomic E-state index is 5.92. The molecule has 1 saturated heterocycles. The van der Waals surface area contributed by atoms with Crippen molar-refractivity contribution in [2.75, 3.05) is 0 Å². The summed E-state index contributed by atoms with van der Waals surface area (Å²) in [6.45, 7) is 0. The highest BCUT2D eigenvalue weighted by Crippen LogP contribution is 2.12. The van der Waals surface area contributed by atoms with Gasteiger partial charge in [-0.2, -0.15) is 0 Å². The Kier molecular flexibility index (Phi) is 4.68. The van der Waals surface area contributed by atoms with E-state index in [1.807, 2.05) is 0 Å². The zero-order chi connectivity index (χ0) is 7.94. The van der Waals surface area contributed by atoms with Crippen molar-refractivity contribution in [3.8, 4) is 0 Å². The van der Waals surface area contributed by atoms with Gasteiger partial charge in [-0.3, -0.25) is 0 Å². The van der Waals surface area contributed by atoms with E-state index in [0.717, 1.165) is 0 Å². The topological polar surface area (TPSA) is 26.0 Å². The summed E-state index contributed by atoms with van der Waals surface area (Å²) >= 11 is 0. The van der Waals surface area contributed by atoms with Crippen molar-refractivity contribution < 1.29 is 0 Å². The van der Waals surface area contributed by atoms with Crippen molar-refractivity contribution in [2.45, 2.75) is 57.2 Å². The van der Waals surface area contributed by atoms with E-state index in [9.17, 15) is 0 Å². The molecule has 1 aliphatic rings. The van der Waals surface area contributed by atoms with Crippen LogP contribution in [0.15, 0.2) is 0 Å². The molecule has 0 amide bonds. The molecule has 11 heavy (non-hydrogen) atoms. The molecule has 1 fully saturated rings. The summed E-state index contributed by atoms with van der Waals surface area (Å²) in [6, 6.07) is 0. The fraction of sp³-hybridized carbons (Fsp3) is 1.00. The Labute approximate surface area is 71.0 Å². The van der Waals surface area contributed by atoms with Crippen LogP contribution in [0.4, 0.5) is 0 Å². The van der Waals surface area contributed by atoms with Gasteiger partial charge in [-0.25, -0.2) is 0 Å². The van der Waals surface area contributed by atoms with Gasteiger partial charge < -0.3 is 5.73 Å². The predicted octanol–water partition coefficient (Wildman–Crippen LogP) is 1.87. The maximum atomic E-state index is 5.92. The van der Waals surface area contributed by atoms with E-state index in [-0.39, 0.29) is 0 Å². The van der Waals surface area contributed by atoms with Gasteiger partial charge in [0.25, 0.3) is 0 Å². The van der Waals surface area contributed by atoms with Crippen molar-refractivity contribution in [2.24, 2.45) is 5.73 Å². The standard InChI is InChI=1S/C9H20BN/c11-9-7-5-3-1-2-4-6-8-10-9/h9-10H,1-8,11H2. The SMILES string of the molecule is NC1BCCCCCCCC1. The summed E-state index contributed by atoms with van der Waals surface area (Å²) in [6.07, 6.45) is 11.1. The number of nitrogens with two attached hydrogens (primary N) is 1. The van der Waals surface area contributed by atoms with Crippen LogP contribution in [-0.4, -0.2) is 13.2 Å². The largest absolute Gasteiger partial charge is 0.335 e. The van der Waals surface area contributed by atoms with Crippen molar-refractivity contribution in [1.29, 1.82) is 0 Å². The van der Waals surface area contributed by atoms with Crippen LogP contribution in [0.5, 0.6) is 0 Å². The molecule has 1 unspecified atom stereocenters. The Morgan fingerprint density at radius 1 is 0.909 bits per heavy atom. The van der Waals surface area contributed by atoms with Gasteiger partial charge in [0, 0.05) is 0 Å². The minimum Gasteiger partial charge on any atom is -0.335 e. The van der Waals surface area contributed by atoms with E-state index in [4.69, 9.17) is 5.73 Å². The molecule has 2 heteroatoms. The minimum absolute atomic E-state index is 0.507. The molecule has 1 atom stereocenters. The highest BCUT2D eigenvalue weighted by molar-refractivity contribution is 6.37. The molecule has 1 aliphatic heterocycles. The lowest BCUT2D eigenvalue weighted by Gasteiger charge is -2.11. The fourth-order valence-electron chi connectivity index (χ4n) is 1.84. The monoisotopic (exact) mass is 153 g/mol. The van der Waals surface area contributed by atoms with Crippen molar-refractivity contribution in [1.82, 2.24) is 0 Å². The second kappa shape index (κ2) is 5.65. The van der Waals surface area contributed by atoms with Gasteiger partial charge in [0.05, 0.1) is 0 Å². The van der Waals surface area contributed by atoms with Crippen molar-refractivity contribution in [3.63, 3.8) is 0 Å². The summed E-state index contributed by atoms with van der Waals surface area (Å²) in [7, 11) is 1.26. The summed E-state index contributed by atoms with van der Waals surface area (Å²) in [4.78, 5) is 0. The minimum atomic E-state index is 0.507.